The lowest BCUT2D eigenvalue weighted by molar-refractivity contribution is 0.112. The maximum absolute atomic E-state index is 14.4. The fraction of sp³-hybridized carbons (Fsp3) is 0.533. The lowest BCUT2D eigenvalue weighted by Crippen LogP contribution is -2.08. The van der Waals surface area contributed by atoms with Gasteiger partial charge in [-0.3, -0.25) is 4.79 Å². The summed E-state index contributed by atoms with van der Waals surface area (Å²) in [5.74, 6) is 0.138. The minimum atomic E-state index is -0.909. The van der Waals surface area contributed by atoms with E-state index in [1.165, 1.54) is 12.8 Å². The van der Waals surface area contributed by atoms with Crippen LogP contribution in [0.2, 0.25) is 0 Å². The molecule has 0 spiro atoms. The molecule has 0 bridgehead atoms. The monoisotopic (exact) mass is 234 g/mol. The van der Waals surface area contributed by atoms with E-state index in [4.69, 9.17) is 0 Å². The van der Waals surface area contributed by atoms with Crippen LogP contribution in [0.1, 0.15) is 60.6 Å². The summed E-state index contributed by atoms with van der Waals surface area (Å²) < 4.78 is 14.4. The Kier molecular flexibility index (Phi) is 4.29. The van der Waals surface area contributed by atoms with Gasteiger partial charge in [0.2, 0.25) is 0 Å². The van der Waals surface area contributed by atoms with Crippen LogP contribution in [0.25, 0.3) is 0 Å². The molecule has 2 heteroatoms. The molecule has 1 saturated carbocycles. The van der Waals surface area contributed by atoms with Gasteiger partial charge in [-0.2, -0.15) is 0 Å². The second-order valence-corrected chi connectivity index (χ2v) is 4.94. The highest BCUT2D eigenvalue weighted by molar-refractivity contribution is 5.74. The van der Waals surface area contributed by atoms with Gasteiger partial charge in [0.05, 0.1) is 0 Å². The standard InChI is InChI=1S/C15H19FO/c16-15(13-7-3-1-2-4-8-13)14-9-5-6-12(10-14)11-17/h5-6,9-11,13,15H,1-4,7-8H2. The van der Waals surface area contributed by atoms with Gasteiger partial charge in [-0.25, -0.2) is 4.39 Å². The van der Waals surface area contributed by atoms with Crippen LogP contribution in [0.5, 0.6) is 0 Å². The molecule has 0 radical (unpaired) electrons. The Hall–Kier alpha value is -1.18. The number of aldehydes is 1. The largest absolute Gasteiger partial charge is 0.298 e. The smallest absolute Gasteiger partial charge is 0.150 e. The van der Waals surface area contributed by atoms with Gasteiger partial charge in [-0.05, 0) is 30.4 Å². The van der Waals surface area contributed by atoms with Crippen molar-refractivity contribution in [2.75, 3.05) is 0 Å². The molecule has 2 rings (SSSR count). The Balaban J connectivity index is 2.11. The third-order valence-corrected chi connectivity index (χ3v) is 3.68. The van der Waals surface area contributed by atoms with Crippen LogP contribution in [0, 0.1) is 5.92 Å². The third-order valence-electron chi connectivity index (χ3n) is 3.68. The Labute approximate surface area is 102 Å². The number of halogens is 1. The molecule has 0 heterocycles. The van der Waals surface area contributed by atoms with E-state index in [0.717, 1.165) is 32.0 Å². The number of hydrogen-bond donors (Lipinski definition) is 0. The van der Waals surface area contributed by atoms with E-state index in [0.29, 0.717) is 11.1 Å². The summed E-state index contributed by atoms with van der Waals surface area (Å²) in [6, 6.07) is 6.96. The third kappa shape index (κ3) is 3.15. The van der Waals surface area contributed by atoms with Gasteiger partial charge in [0.25, 0.3) is 0 Å². The first-order valence-electron chi connectivity index (χ1n) is 6.50. The van der Waals surface area contributed by atoms with Gasteiger partial charge >= 0.3 is 0 Å². The molecule has 0 saturated heterocycles. The molecular formula is C15H19FO. The average molecular weight is 234 g/mol. The maximum atomic E-state index is 14.4. The first-order chi connectivity index (χ1) is 8.31. The van der Waals surface area contributed by atoms with Gasteiger partial charge < -0.3 is 0 Å². The van der Waals surface area contributed by atoms with Crippen LogP contribution in [0.3, 0.4) is 0 Å². The molecule has 0 aliphatic heterocycles. The number of carbonyl (C=O) groups is 1. The molecule has 17 heavy (non-hydrogen) atoms. The predicted octanol–water partition coefficient (Wildman–Crippen LogP) is 4.48. The summed E-state index contributed by atoms with van der Waals surface area (Å²) in [6.07, 6.45) is 6.57. The molecule has 92 valence electrons. The Bertz CT molecular complexity index is 367. The Morgan fingerprint density at radius 3 is 2.53 bits per heavy atom. The summed E-state index contributed by atoms with van der Waals surface area (Å²) in [7, 11) is 0. The lowest BCUT2D eigenvalue weighted by Gasteiger charge is -2.19. The van der Waals surface area contributed by atoms with Crippen LogP contribution in [0.15, 0.2) is 24.3 Å². The summed E-state index contributed by atoms with van der Waals surface area (Å²) in [4.78, 5) is 10.7. The van der Waals surface area contributed by atoms with Crippen molar-refractivity contribution >= 4 is 6.29 Å². The van der Waals surface area contributed by atoms with E-state index in [-0.39, 0.29) is 5.92 Å². The molecule has 1 aliphatic carbocycles. The van der Waals surface area contributed by atoms with E-state index in [9.17, 15) is 9.18 Å². The highest BCUT2D eigenvalue weighted by Gasteiger charge is 2.23. The number of rotatable bonds is 3. The van der Waals surface area contributed by atoms with Crippen molar-refractivity contribution in [3.8, 4) is 0 Å². The van der Waals surface area contributed by atoms with Crippen molar-refractivity contribution < 1.29 is 9.18 Å². The zero-order chi connectivity index (χ0) is 12.1. The molecular weight excluding hydrogens is 215 g/mol. The fourth-order valence-electron chi connectivity index (χ4n) is 2.68. The SMILES string of the molecule is O=Cc1cccc(C(F)C2CCCCCC2)c1. The first kappa shape index (κ1) is 12.3. The van der Waals surface area contributed by atoms with Crippen molar-refractivity contribution in [2.45, 2.75) is 44.7 Å². The predicted molar refractivity (Wildman–Crippen MR) is 66.9 cm³/mol. The van der Waals surface area contributed by atoms with Crippen LogP contribution in [-0.4, -0.2) is 6.29 Å². The molecule has 1 aliphatic rings. The molecule has 1 aromatic carbocycles. The van der Waals surface area contributed by atoms with E-state index in [2.05, 4.69) is 0 Å². The summed E-state index contributed by atoms with van der Waals surface area (Å²) in [5.41, 5.74) is 1.24. The number of carbonyl (C=O) groups excluding carboxylic acids is 1. The van der Waals surface area contributed by atoms with Crippen molar-refractivity contribution in [3.05, 3.63) is 35.4 Å². The number of benzene rings is 1. The molecule has 0 amide bonds. The van der Waals surface area contributed by atoms with Crippen molar-refractivity contribution in [2.24, 2.45) is 5.92 Å². The fourth-order valence-corrected chi connectivity index (χ4v) is 2.68. The number of hydrogen-bond acceptors (Lipinski definition) is 1. The van der Waals surface area contributed by atoms with Gasteiger partial charge in [0, 0.05) is 5.56 Å². The molecule has 1 atom stereocenters. The molecule has 1 fully saturated rings. The molecule has 0 aromatic heterocycles. The van der Waals surface area contributed by atoms with Gasteiger partial charge in [0.1, 0.15) is 12.5 Å². The Morgan fingerprint density at radius 1 is 1.18 bits per heavy atom. The topological polar surface area (TPSA) is 17.1 Å². The first-order valence-corrected chi connectivity index (χ1v) is 6.50. The van der Waals surface area contributed by atoms with E-state index in [1.54, 1.807) is 24.3 Å². The maximum Gasteiger partial charge on any atom is 0.150 e. The van der Waals surface area contributed by atoms with Crippen LogP contribution < -0.4 is 0 Å². The van der Waals surface area contributed by atoms with Gasteiger partial charge in [-0.15, -0.1) is 0 Å². The summed E-state index contributed by atoms with van der Waals surface area (Å²) in [6.45, 7) is 0. The zero-order valence-electron chi connectivity index (χ0n) is 10.1. The van der Waals surface area contributed by atoms with E-state index >= 15 is 0 Å². The van der Waals surface area contributed by atoms with Crippen LogP contribution >= 0.6 is 0 Å². The van der Waals surface area contributed by atoms with Crippen molar-refractivity contribution in [1.29, 1.82) is 0 Å². The van der Waals surface area contributed by atoms with Crippen molar-refractivity contribution in [1.82, 2.24) is 0 Å². The average Bonchev–Trinajstić information content (AvgIpc) is 2.67. The van der Waals surface area contributed by atoms with E-state index < -0.39 is 6.17 Å². The minimum Gasteiger partial charge on any atom is -0.298 e. The highest BCUT2D eigenvalue weighted by atomic mass is 19.1. The molecule has 1 aromatic rings. The lowest BCUT2D eigenvalue weighted by atomic mass is 9.90. The van der Waals surface area contributed by atoms with Crippen LogP contribution in [-0.2, 0) is 0 Å². The van der Waals surface area contributed by atoms with E-state index in [1.807, 2.05) is 0 Å². The number of alkyl halides is 1. The Morgan fingerprint density at radius 2 is 1.88 bits per heavy atom. The normalized spacial score (nSPS) is 19.6. The quantitative estimate of drug-likeness (QED) is 0.556. The second kappa shape index (κ2) is 5.95. The second-order valence-electron chi connectivity index (χ2n) is 4.94. The van der Waals surface area contributed by atoms with Crippen LogP contribution in [0.4, 0.5) is 4.39 Å². The van der Waals surface area contributed by atoms with Gasteiger partial charge in [0.15, 0.2) is 0 Å². The van der Waals surface area contributed by atoms with Crippen molar-refractivity contribution in [3.63, 3.8) is 0 Å². The van der Waals surface area contributed by atoms with Gasteiger partial charge in [-0.1, -0.05) is 43.9 Å². The highest BCUT2D eigenvalue weighted by Crippen LogP contribution is 2.36. The minimum absolute atomic E-state index is 0.138. The molecule has 0 N–H and O–H groups in total. The zero-order valence-corrected chi connectivity index (χ0v) is 10.1. The molecule has 1 unspecified atom stereocenters. The summed E-state index contributed by atoms with van der Waals surface area (Å²) in [5, 5.41) is 0. The molecule has 1 nitrogen and oxygen atoms in total. The summed E-state index contributed by atoms with van der Waals surface area (Å²) >= 11 is 0.